The first-order chi connectivity index (χ1) is 9.83. The maximum Gasteiger partial charge on any atom is 0.240 e. The molecule has 21 heavy (non-hydrogen) atoms. The van der Waals surface area contributed by atoms with Crippen LogP contribution >= 0.6 is 11.6 Å². The largest absolute Gasteiger partial charge is 0.455 e. The standard InChI is InChI=1S/C13H12ClFN2O3S/c1-17-21(18,19)9-3-5-13(12(16)7-9)20-8-2-4-10(14)11(15)6-8/h2-7,17H,16H2,1H3. The van der Waals surface area contributed by atoms with Crippen LogP contribution in [0.25, 0.3) is 0 Å². The molecule has 0 atom stereocenters. The van der Waals surface area contributed by atoms with Crippen molar-refractivity contribution in [3.8, 4) is 11.5 Å². The van der Waals surface area contributed by atoms with Gasteiger partial charge in [0.05, 0.1) is 15.6 Å². The van der Waals surface area contributed by atoms with Crippen LogP contribution in [0.4, 0.5) is 10.1 Å². The third kappa shape index (κ3) is 3.44. The predicted molar refractivity (Wildman–Crippen MR) is 78.6 cm³/mol. The van der Waals surface area contributed by atoms with E-state index in [9.17, 15) is 12.8 Å². The van der Waals surface area contributed by atoms with Crippen molar-refractivity contribution in [2.75, 3.05) is 12.8 Å². The maximum absolute atomic E-state index is 13.3. The van der Waals surface area contributed by atoms with E-state index >= 15 is 0 Å². The summed E-state index contributed by atoms with van der Waals surface area (Å²) >= 11 is 5.57. The van der Waals surface area contributed by atoms with E-state index in [0.29, 0.717) is 0 Å². The second-order valence-corrected chi connectivity index (χ2v) is 6.38. The number of ether oxygens (including phenoxy) is 1. The first-order valence-electron chi connectivity index (χ1n) is 5.79. The van der Waals surface area contributed by atoms with Crippen LogP contribution < -0.4 is 15.2 Å². The fraction of sp³-hybridized carbons (Fsp3) is 0.0769. The quantitative estimate of drug-likeness (QED) is 0.845. The van der Waals surface area contributed by atoms with Gasteiger partial charge < -0.3 is 10.5 Å². The number of halogens is 2. The third-order valence-corrected chi connectivity index (χ3v) is 4.40. The Bertz CT molecular complexity index is 781. The normalized spacial score (nSPS) is 11.4. The SMILES string of the molecule is CNS(=O)(=O)c1ccc(Oc2ccc(Cl)c(F)c2)c(N)c1. The number of hydrogen-bond donors (Lipinski definition) is 2. The molecule has 0 radical (unpaired) electrons. The van der Waals surface area contributed by atoms with E-state index in [1.54, 1.807) is 0 Å². The molecule has 0 heterocycles. The monoisotopic (exact) mass is 330 g/mol. The highest BCUT2D eigenvalue weighted by molar-refractivity contribution is 7.89. The zero-order valence-electron chi connectivity index (χ0n) is 10.9. The van der Waals surface area contributed by atoms with E-state index in [4.69, 9.17) is 22.1 Å². The Morgan fingerprint density at radius 3 is 2.52 bits per heavy atom. The summed E-state index contributed by atoms with van der Waals surface area (Å²) in [6.07, 6.45) is 0. The Morgan fingerprint density at radius 2 is 1.95 bits per heavy atom. The average molecular weight is 331 g/mol. The molecule has 8 heteroatoms. The number of nitrogens with one attached hydrogen (secondary N) is 1. The van der Waals surface area contributed by atoms with Gasteiger partial charge in [0, 0.05) is 6.07 Å². The van der Waals surface area contributed by atoms with Crippen LogP contribution in [0, 0.1) is 5.82 Å². The van der Waals surface area contributed by atoms with E-state index in [0.717, 1.165) is 6.07 Å². The molecule has 0 saturated carbocycles. The van der Waals surface area contributed by atoms with Crippen molar-refractivity contribution in [1.29, 1.82) is 0 Å². The van der Waals surface area contributed by atoms with Gasteiger partial charge in [-0.2, -0.15) is 0 Å². The molecule has 2 rings (SSSR count). The lowest BCUT2D eigenvalue weighted by molar-refractivity contribution is 0.478. The first-order valence-corrected chi connectivity index (χ1v) is 7.65. The summed E-state index contributed by atoms with van der Waals surface area (Å²) in [5.41, 5.74) is 5.86. The van der Waals surface area contributed by atoms with Crippen molar-refractivity contribution in [1.82, 2.24) is 4.72 Å². The Hall–Kier alpha value is -1.83. The zero-order chi connectivity index (χ0) is 15.6. The van der Waals surface area contributed by atoms with E-state index in [2.05, 4.69) is 4.72 Å². The van der Waals surface area contributed by atoms with Crippen LogP contribution in [0.15, 0.2) is 41.3 Å². The van der Waals surface area contributed by atoms with E-state index in [1.165, 1.54) is 37.4 Å². The average Bonchev–Trinajstić information content (AvgIpc) is 2.45. The highest BCUT2D eigenvalue weighted by Crippen LogP contribution is 2.31. The molecule has 2 aromatic carbocycles. The third-order valence-electron chi connectivity index (χ3n) is 2.68. The predicted octanol–water partition coefficient (Wildman–Crippen LogP) is 2.76. The fourth-order valence-corrected chi connectivity index (χ4v) is 2.45. The highest BCUT2D eigenvalue weighted by Gasteiger charge is 2.14. The Morgan fingerprint density at radius 1 is 1.24 bits per heavy atom. The van der Waals surface area contributed by atoms with Crippen LogP contribution in [0.5, 0.6) is 11.5 Å². The summed E-state index contributed by atoms with van der Waals surface area (Å²) in [4.78, 5) is 0.0112. The molecule has 0 amide bonds. The molecule has 0 spiro atoms. The molecular formula is C13H12ClFN2O3S. The lowest BCUT2D eigenvalue weighted by Gasteiger charge is -2.10. The van der Waals surface area contributed by atoms with E-state index in [1.807, 2.05) is 0 Å². The van der Waals surface area contributed by atoms with Gasteiger partial charge in [0.2, 0.25) is 10.0 Å². The zero-order valence-corrected chi connectivity index (χ0v) is 12.5. The van der Waals surface area contributed by atoms with Gasteiger partial charge >= 0.3 is 0 Å². The van der Waals surface area contributed by atoms with Crippen LogP contribution in [0.3, 0.4) is 0 Å². The summed E-state index contributed by atoms with van der Waals surface area (Å²) in [5.74, 6) is -0.207. The van der Waals surface area contributed by atoms with Crippen molar-refractivity contribution in [2.45, 2.75) is 4.90 Å². The summed E-state index contributed by atoms with van der Waals surface area (Å²) in [5, 5.41) is -0.0224. The van der Waals surface area contributed by atoms with Gasteiger partial charge in [0.1, 0.15) is 17.3 Å². The van der Waals surface area contributed by atoms with Gasteiger partial charge in [-0.25, -0.2) is 17.5 Å². The lowest BCUT2D eigenvalue weighted by Crippen LogP contribution is -2.18. The molecule has 0 aliphatic carbocycles. The molecule has 0 bridgehead atoms. The van der Waals surface area contributed by atoms with Crippen molar-refractivity contribution in [3.05, 3.63) is 47.2 Å². The molecule has 0 aliphatic heterocycles. The van der Waals surface area contributed by atoms with Gasteiger partial charge in [0.15, 0.2) is 0 Å². The Labute approximate surface area is 126 Å². The summed E-state index contributed by atoms with van der Waals surface area (Å²) in [7, 11) is -2.29. The maximum atomic E-state index is 13.3. The molecule has 5 nitrogen and oxygen atoms in total. The van der Waals surface area contributed by atoms with Gasteiger partial charge in [0.25, 0.3) is 0 Å². The fourth-order valence-electron chi connectivity index (χ4n) is 1.57. The summed E-state index contributed by atoms with van der Waals surface area (Å²) < 4.78 is 44.2. The molecule has 112 valence electrons. The minimum Gasteiger partial charge on any atom is -0.455 e. The van der Waals surface area contributed by atoms with Gasteiger partial charge in [-0.15, -0.1) is 0 Å². The number of anilines is 1. The van der Waals surface area contributed by atoms with Crippen LogP contribution in [0.1, 0.15) is 0 Å². The van der Waals surface area contributed by atoms with Gasteiger partial charge in [-0.3, -0.25) is 0 Å². The molecule has 3 N–H and O–H groups in total. The molecule has 0 aliphatic rings. The molecule has 0 aromatic heterocycles. The van der Waals surface area contributed by atoms with Crippen molar-refractivity contribution < 1.29 is 17.5 Å². The summed E-state index contributed by atoms with van der Waals surface area (Å²) in [6, 6.07) is 7.93. The van der Waals surface area contributed by atoms with E-state index in [-0.39, 0.29) is 27.1 Å². The van der Waals surface area contributed by atoms with Crippen molar-refractivity contribution in [3.63, 3.8) is 0 Å². The number of nitrogens with two attached hydrogens (primary N) is 1. The number of benzene rings is 2. The Balaban J connectivity index is 2.31. The number of hydrogen-bond acceptors (Lipinski definition) is 4. The molecule has 0 saturated heterocycles. The van der Waals surface area contributed by atoms with Crippen LogP contribution in [-0.2, 0) is 10.0 Å². The minimum absolute atomic E-state index is 0.0112. The smallest absolute Gasteiger partial charge is 0.240 e. The number of rotatable bonds is 4. The van der Waals surface area contributed by atoms with Gasteiger partial charge in [-0.1, -0.05) is 11.6 Å². The van der Waals surface area contributed by atoms with Crippen molar-refractivity contribution >= 4 is 27.3 Å². The molecule has 0 fully saturated rings. The van der Waals surface area contributed by atoms with Crippen molar-refractivity contribution in [2.24, 2.45) is 0 Å². The number of nitrogen functional groups attached to an aromatic ring is 1. The first kappa shape index (κ1) is 15.6. The lowest BCUT2D eigenvalue weighted by atomic mass is 10.3. The summed E-state index contributed by atoms with van der Waals surface area (Å²) in [6.45, 7) is 0. The van der Waals surface area contributed by atoms with Crippen LogP contribution in [0.2, 0.25) is 5.02 Å². The highest BCUT2D eigenvalue weighted by atomic mass is 35.5. The van der Waals surface area contributed by atoms with Crippen LogP contribution in [-0.4, -0.2) is 15.5 Å². The molecular weight excluding hydrogens is 319 g/mol. The topological polar surface area (TPSA) is 81.4 Å². The van der Waals surface area contributed by atoms with Gasteiger partial charge in [-0.05, 0) is 37.4 Å². The second kappa shape index (κ2) is 5.88. The number of sulfonamides is 1. The Kier molecular flexibility index (Phi) is 4.36. The minimum atomic E-state index is -3.59. The molecule has 0 unspecified atom stereocenters. The molecule has 2 aromatic rings. The van der Waals surface area contributed by atoms with E-state index < -0.39 is 15.8 Å². The second-order valence-electron chi connectivity index (χ2n) is 4.09.